The second kappa shape index (κ2) is 6.45. The van der Waals surface area contributed by atoms with Crippen LogP contribution < -0.4 is 5.73 Å². The minimum absolute atomic E-state index is 0.140. The molecule has 0 aromatic rings. The molecule has 1 saturated heterocycles. The molecular weight excluding hydrogens is 248 g/mol. The van der Waals surface area contributed by atoms with Gasteiger partial charge in [0.15, 0.2) is 0 Å². The van der Waals surface area contributed by atoms with Gasteiger partial charge in [0.25, 0.3) is 0 Å². The summed E-state index contributed by atoms with van der Waals surface area (Å²) in [7, 11) is 0. The Labute approximate surface area is 113 Å². The fourth-order valence-electron chi connectivity index (χ4n) is 2.77. The van der Waals surface area contributed by atoms with Crippen molar-refractivity contribution in [2.24, 2.45) is 11.7 Å². The van der Waals surface area contributed by atoms with Gasteiger partial charge in [-0.2, -0.15) is 0 Å². The molecule has 18 heavy (non-hydrogen) atoms. The van der Waals surface area contributed by atoms with Gasteiger partial charge in [-0.05, 0) is 25.7 Å². The number of hydrogen-bond donors (Lipinski definition) is 1. The molecule has 1 atom stereocenters. The monoisotopic (exact) mass is 270 g/mol. The van der Waals surface area contributed by atoms with Crippen molar-refractivity contribution in [1.29, 1.82) is 0 Å². The number of carbonyl (C=O) groups is 2. The van der Waals surface area contributed by atoms with Gasteiger partial charge in [-0.15, -0.1) is 11.8 Å². The van der Waals surface area contributed by atoms with Gasteiger partial charge >= 0.3 is 0 Å². The highest BCUT2D eigenvalue weighted by molar-refractivity contribution is 8.00. The van der Waals surface area contributed by atoms with Crippen LogP contribution in [0.3, 0.4) is 0 Å². The molecule has 1 heterocycles. The standard InChI is InChI=1S/C13H22N2O2S/c14-13(17)10-4-3-7-15(8-10)12(16)9-18-11-5-1-2-6-11/h10-11H,1-9H2,(H2,14,17)/t10-/m0/s1. The lowest BCUT2D eigenvalue weighted by Gasteiger charge is -2.31. The maximum atomic E-state index is 12.1. The maximum absolute atomic E-state index is 12.1. The Kier molecular flexibility index (Phi) is 4.92. The largest absolute Gasteiger partial charge is 0.369 e. The highest BCUT2D eigenvalue weighted by Gasteiger charge is 2.27. The summed E-state index contributed by atoms with van der Waals surface area (Å²) in [4.78, 5) is 25.1. The van der Waals surface area contributed by atoms with Crippen molar-refractivity contribution in [2.75, 3.05) is 18.8 Å². The lowest BCUT2D eigenvalue weighted by Crippen LogP contribution is -2.44. The Bertz CT molecular complexity index is 316. The van der Waals surface area contributed by atoms with Crippen LogP contribution in [-0.2, 0) is 9.59 Å². The number of piperidine rings is 1. The first-order valence-corrected chi connectivity index (χ1v) is 7.90. The average Bonchev–Trinajstić information content (AvgIpc) is 2.89. The van der Waals surface area contributed by atoms with Gasteiger partial charge in [0.2, 0.25) is 11.8 Å². The molecule has 2 amide bonds. The second-order valence-electron chi connectivity index (χ2n) is 5.30. The van der Waals surface area contributed by atoms with Gasteiger partial charge in [-0.1, -0.05) is 12.8 Å². The zero-order chi connectivity index (χ0) is 13.0. The lowest BCUT2D eigenvalue weighted by atomic mass is 9.97. The fourth-order valence-corrected chi connectivity index (χ4v) is 4.00. The predicted molar refractivity (Wildman–Crippen MR) is 73.2 cm³/mol. The van der Waals surface area contributed by atoms with Gasteiger partial charge in [0.05, 0.1) is 11.7 Å². The Hall–Kier alpha value is -0.710. The molecule has 1 saturated carbocycles. The highest BCUT2D eigenvalue weighted by atomic mass is 32.2. The Morgan fingerprint density at radius 2 is 1.89 bits per heavy atom. The molecule has 102 valence electrons. The van der Waals surface area contributed by atoms with E-state index >= 15 is 0 Å². The summed E-state index contributed by atoms with van der Waals surface area (Å²) in [5.74, 6) is 0.337. The molecule has 1 aliphatic carbocycles. The molecule has 4 nitrogen and oxygen atoms in total. The van der Waals surface area contributed by atoms with Crippen LogP contribution in [0, 0.1) is 5.92 Å². The van der Waals surface area contributed by atoms with Gasteiger partial charge in [0.1, 0.15) is 0 Å². The number of carbonyl (C=O) groups excluding carboxylic acids is 2. The second-order valence-corrected chi connectivity index (χ2v) is 6.59. The zero-order valence-electron chi connectivity index (χ0n) is 10.8. The molecule has 0 bridgehead atoms. The van der Waals surface area contributed by atoms with Gasteiger partial charge in [-0.25, -0.2) is 0 Å². The van der Waals surface area contributed by atoms with Crippen molar-refractivity contribution in [3.8, 4) is 0 Å². The molecule has 0 radical (unpaired) electrons. The maximum Gasteiger partial charge on any atom is 0.232 e. The van der Waals surface area contributed by atoms with Crippen LogP contribution in [0.15, 0.2) is 0 Å². The van der Waals surface area contributed by atoms with Crippen molar-refractivity contribution in [1.82, 2.24) is 4.90 Å². The van der Waals surface area contributed by atoms with E-state index in [4.69, 9.17) is 5.73 Å². The van der Waals surface area contributed by atoms with Crippen LogP contribution in [-0.4, -0.2) is 40.8 Å². The number of primary amides is 1. The van der Waals surface area contributed by atoms with Crippen molar-refractivity contribution in [2.45, 2.75) is 43.8 Å². The summed E-state index contributed by atoms with van der Waals surface area (Å²) < 4.78 is 0. The summed E-state index contributed by atoms with van der Waals surface area (Å²) >= 11 is 1.79. The molecule has 2 N–H and O–H groups in total. The summed E-state index contributed by atoms with van der Waals surface area (Å²) in [6.45, 7) is 1.31. The average molecular weight is 270 g/mol. The first-order valence-electron chi connectivity index (χ1n) is 6.85. The molecular formula is C13H22N2O2S. The highest BCUT2D eigenvalue weighted by Crippen LogP contribution is 2.29. The Morgan fingerprint density at radius 3 is 2.56 bits per heavy atom. The quantitative estimate of drug-likeness (QED) is 0.839. The summed E-state index contributed by atoms with van der Waals surface area (Å²) in [6, 6.07) is 0. The van der Waals surface area contributed by atoms with Crippen molar-refractivity contribution < 1.29 is 9.59 Å². The molecule has 2 fully saturated rings. The SMILES string of the molecule is NC(=O)[C@H]1CCCN(C(=O)CSC2CCCC2)C1. The topological polar surface area (TPSA) is 63.4 Å². The van der Waals surface area contributed by atoms with E-state index in [-0.39, 0.29) is 17.7 Å². The number of rotatable bonds is 4. The lowest BCUT2D eigenvalue weighted by molar-refractivity contribution is -0.132. The minimum Gasteiger partial charge on any atom is -0.369 e. The van der Waals surface area contributed by atoms with Crippen molar-refractivity contribution >= 4 is 23.6 Å². The first kappa shape index (κ1) is 13.7. The Morgan fingerprint density at radius 1 is 1.17 bits per heavy atom. The molecule has 2 rings (SSSR count). The van der Waals surface area contributed by atoms with E-state index in [9.17, 15) is 9.59 Å². The van der Waals surface area contributed by atoms with Crippen molar-refractivity contribution in [3.05, 3.63) is 0 Å². The van der Waals surface area contributed by atoms with E-state index in [1.165, 1.54) is 25.7 Å². The molecule has 2 aliphatic rings. The minimum atomic E-state index is -0.268. The van der Waals surface area contributed by atoms with E-state index in [1.54, 1.807) is 11.8 Å². The third-order valence-electron chi connectivity index (χ3n) is 3.92. The van der Waals surface area contributed by atoms with Crippen LogP contribution in [0.2, 0.25) is 0 Å². The van der Waals surface area contributed by atoms with E-state index in [2.05, 4.69) is 0 Å². The first-order chi connectivity index (χ1) is 8.66. The molecule has 0 aromatic heterocycles. The third-order valence-corrected chi connectivity index (χ3v) is 5.28. The summed E-state index contributed by atoms with van der Waals surface area (Å²) in [5.41, 5.74) is 5.32. The molecule has 0 unspecified atom stereocenters. The summed E-state index contributed by atoms with van der Waals surface area (Å²) in [6.07, 6.45) is 6.84. The smallest absolute Gasteiger partial charge is 0.232 e. The Balaban J connectivity index is 1.75. The number of amides is 2. The fraction of sp³-hybridized carbons (Fsp3) is 0.846. The van der Waals surface area contributed by atoms with E-state index < -0.39 is 0 Å². The zero-order valence-corrected chi connectivity index (χ0v) is 11.6. The number of hydrogen-bond acceptors (Lipinski definition) is 3. The number of thioether (sulfide) groups is 1. The number of likely N-dealkylation sites (tertiary alicyclic amines) is 1. The van der Waals surface area contributed by atoms with Gasteiger partial charge < -0.3 is 10.6 Å². The molecule has 0 aromatic carbocycles. The third kappa shape index (κ3) is 3.64. The molecule has 1 aliphatic heterocycles. The van der Waals surface area contributed by atoms with Crippen LogP contribution in [0.1, 0.15) is 38.5 Å². The van der Waals surface area contributed by atoms with Crippen LogP contribution in [0.4, 0.5) is 0 Å². The number of nitrogens with two attached hydrogens (primary N) is 1. The molecule has 5 heteroatoms. The van der Waals surface area contributed by atoms with Gasteiger partial charge in [-0.3, -0.25) is 9.59 Å². The van der Waals surface area contributed by atoms with E-state index in [0.29, 0.717) is 17.5 Å². The molecule has 0 spiro atoms. The predicted octanol–water partition coefficient (Wildman–Crippen LogP) is 1.39. The normalized spacial score (nSPS) is 25.3. The number of nitrogens with zero attached hydrogens (tertiary/aromatic N) is 1. The van der Waals surface area contributed by atoms with E-state index in [1.807, 2.05) is 4.90 Å². The van der Waals surface area contributed by atoms with Crippen LogP contribution in [0.5, 0.6) is 0 Å². The van der Waals surface area contributed by atoms with Crippen LogP contribution >= 0.6 is 11.8 Å². The van der Waals surface area contributed by atoms with Gasteiger partial charge in [0, 0.05) is 18.3 Å². The van der Waals surface area contributed by atoms with Crippen molar-refractivity contribution in [3.63, 3.8) is 0 Å². The van der Waals surface area contributed by atoms with Crippen LogP contribution in [0.25, 0.3) is 0 Å². The summed E-state index contributed by atoms with van der Waals surface area (Å²) in [5, 5.41) is 0.672. The van der Waals surface area contributed by atoms with E-state index in [0.717, 1.165) is 19.4 Å².